The van der Waals surface area contributed by atoms with E-state index in [9.17, 15) is 14.0 Å². The topological polar surface area (TPSA) is 57.6 Å². The van der Waals surface area contributed by atoms with Gasteiger partial charge >= 0.3 is 5.97 Å². The van der Waals surface area contributed by atoms with Crippen LogP contribution in [0.25, 0.3) is 0 Å². The molecule has 2 unspecified atom stereocenters. The number of carbonyl (C=O) groups is 2. The van der Waals surface area contributed by atoms with Crippen LogP contribution in [0.2, 0.25) is 0 Å². The van der Waals surface area contributed by atoms with Crippen molar-refractivity contribution >= 4 is 11.9 Å². The van der Waals surface area contributed by atoms with E-state index in [1.54, 1.807) is 0 Å². The molecule has 0 aliphatic carbocycles. The van der Waals surface area contributed by atoms with Crippen LogP contribution in [0.5, 0.6) is 0 Å². The van der Waals surface area contributed by atoms with Gasteiger partial charge in [-0.2, -0.15) is 0 Å². The van der Waals surface area contributed by atoms with Gasteiger partial charge < -0.3 is 10.0 Å². The molecular weight excluding hydrogens is 225 g/mol. The van der Waals surface area contributed by atoms with E-state index in [0.29, 0.717) is 12.3 Å². The van der Waals surface area contributed by atoms with Crippen molar-refractivity contribution in [2.24, 2.45) is 11.8 Å². The van der Waals surface area contributed by atoms with Gasteiger partial charge in [-0.05, 0) is 11.8 Å². The van der Waals surface area contributed by atoms with Gasteiger partial charge in [0.25, 0.3) is 0 Å². The Morgan fingerprint density at radius 1 is 1.41 bits per heavy atom. The molecule has 1 aliphatic heterocycles. The molecule has 0 aromatic heterocycles. The predicted molar refractivity (Wildman–Crippen MR) is 61.3 cm³/mol. The van der Waals surface area contributed by atoms with Gasteiger partial charge in [-0.15, -0.1) is 0 Å². The smallest absolute Gasteiger partial charge is 0.343 e. The van der Waals surface area contributed by atoms with Gasteiger partial charge in [0.05, 0.1) is 6.54 Å². The molecule has 1 saturated heterocycles. The molecule has 5 heteroatoms. The summed E-state index contributed by atoms with van der Waals surface area (Å²) in [6.07, 6.45) is 0.248. The van der Waals surface area contributed by atoms with Crippen molar-refractivity contribution in [1.29, 1.82) is 0 Å². The third kappa shape index (κ3) is 3.17. The second-order valence-electron chi connectivity index (χ2n) is 5.26. The fourth-order valence-electron chi connectivity index (χ4n) is 1.80. The lowest BCUT2D eigenvalue weighted by Gasteiger charge is -2.21. The number of alkyl halides is 1. The van der Waals surface area contributed by atoms with Crippen LogP contribution < -0.4 is 0 Å². The number of nitrogens with zero attached hydrogens (tertiary/aromatic N) is 1. The minimum atomic E-state index is -2.25. The lowest BCUT2D eigenvalue weighted by Crippen LogP contribution is -2.39. The van der Waals surface area contributed by atoms with Gasteiger partial charge in [0.1, 0.15) is 0 Å². The lowest BCUT2D eigenvalue weighted by molar-refractivity contribution is -0.150. The van der Waals surface area contributed by atoms with Gasteiger partial charge in [-0.1, -0.05) is 20.8 Å². The number of likely N-dealkylation sites (tertiary alicyclic amines) is 1. The zero-order valence-electron chi connectivity index (χ0n) is 10.6. The molecule has 1 fully saturated rings. The van der Waals surface area contributed by atoms with Gasteiger partial charge in [0, 0.05) is 19.4 Å². The van der Waals surface area contributed by atoms with E-state index < -0.39 is 11.6 Å². The quantitative estimate of drug-likeness (QED) is 0.820. The van der Waals surface area contributed by atoms with E-state index in [2.05, 4.69) is 0 Å². The number of hydrogen-bond acceptors (Lipinski definition) is 2. The minimum Gasteiger partial charge on any atom is -0.479 e. The number of aliphatic carboxylic acids is 1. The first-order chi connectivity index (χ1) is 7.76. The average molecular weight is 245 g/mol. The van der Waals surface area contributed by atoms with Gasteiger partial charge in [-0.3, -0.25) is 4.79 Å². The second-order valence-corrected chi connectivity index (χ2v) is 5.26. The summed E-state index contributed by atoms with van der Waals surface area (Å²) in [6, 6.07) is 0. The first-order valence-electron chi connectivity index (χ1n) is 5.96. The van der Waals surface area contributed by atoms with Crippen LogP contribution in [0.15, 0.2) is 0 Å². The largest absolute Gasteiger partial charge is 0.479 e. The van der Waals surface area contributed by atoms with Crippen LogP contribution in [-0.2, 0) is 9.59 Å². The number of carboxylic acid groups (broad SMARTS) is 1. The Bertz CT molecular complexity index is 319. The highest BCUT2D eigenvalue weighted by molar-refractivity contribution is 5.82. The van der Waals surface area contributed by atoms with Crippen molar-refractivity contribution in [1.82, 2.24) is 4.90 Å². The molecule has 0 radical (unpaired) electrons. The first-order valence-corrected chi connectivity index (χ1v) is 5.96. The molecule has 0 aromatic rings. The van der Waals surface area contributed by atoms with E-state index in [1.165, 1.54) is 4.90 Å². The van der Waals surface area contributed by atoms with Crippen LogP contribution in [0.4, 0.5) is 4.39 Å². The summed E-state index contributed by atoms with van der Waals surface area (Å²) in [5, 5.41) is 8.73. The SMILES string of the molecule is CC(C)C(C)CC(=O)N1CCC(F)(C(=O)O)C1. The number of carbonyl (C=O) groups excluding carboxylic acids is 1. The summed E-state index contributed by atoms with van der Waals surface area (Å²) in [6.45, 7) is 5.91. The molecule has 0 bridgehead atoms. The molecule has 0 saturated carbocycles. The van der Waals surface area contributed by atoms with Crippen molar-refractivity contribution in [3.05, 3.63) is 0 Å². The monoisotopic (exact) mass is 245 g/mol. The Morgan fingerprint density at radius 2 is 2.00 bits per heavy atom. The van der Waals surface area contributed by atoms with Gasteiger partial charge in [0.2, 0.25) is 11.6 Å². The van der Waals surface area contributed by atoms with Crippen molar-refractivity contribution in [2.45, 2.75) is 39.3 Å². The van der Waals surface area contributed by atoms with E-state index in [4.69, 9.17) is 5.11 Å². The third-order valence-electron chi connectivity index (χ3n) is 3.59. The standard InChI is InChI=1S/C12H20FNO3/c1-8(2)9(3)6-10(15)14-5-4-12(13,7-14)11(16)17/h8-9H,4-7H2,1-3H3,(H,16,17). The Hall–Kier alpha value is -1.13. The van der Waals surface area contributed by atoms with Crippen molar-refractivity contribution in [2.75, 3.05) is 13.1 Å². The summed E-state index contributed by atoms with van der Waals surface area (Å²) < 4.78 is 13.7. The maximum atomic E-state index is 13.7. The van der Waals surface area contributed by atoms with Crippen molar-refractivity contribution in [3.8, 4) is 0 Å². The molecule has 4 nitrogen and oxygen atoms in total. The number of rotatable bonds is 4. The highest BCUT2D eigenvalue weighted by Gasteiger charge is 2.46. The first kappa shape index (κ1) is 13.9. The molecular formula is C12H20FNO3. The van der Waals surface area contributed by atoms with E-state index in [-0.39, 0.29) is 31.3 Å². The van der Waals surface area contributed by atoms with E-state index in [1.807, 2.05) is 20.8 Å². The maximum Gasteiger partial charge on any atom is 0.343 e. The number of carboxylic acids is 1. The Balaban J connectivity index is 2.54. The molecule has 98 valence electrons. The minimum absolute atomic E-state index is 0.107. The van der Waals surface area contributed by atoms with Gasteiger partial charge in [-0.25, -0.2) is 9.18 Å². The average Bonchev–Trinajstić information content (AvgIpc) is 2.62. The van der Waals surface area contributed by atoms with Crippen LogP contribution >= 0.6 is 0 Å². The van der Waals surface area contributed by atoms with E-state index in [0.717, 1.165) is 0 Å². The summed E-state index contributed by atoms with van der Waals surface area (Å²) in [5.74, 6) is -1.00. The Morgan fingerprint density at radius 3 is 2.41 bits per heavy atom. The highest BCUT2D eigenvalue weighted by atomic mass is 19.1. The molecule has 1 heterocycles. The Labute approximate surface area is 101 Å². The summed E-state index contributed by atoms with van der Waals surface area (Å²) in [4.78, 5) is 23.9. The van der Waals surface area contributed by atoms with Crippen LogP contribution in [0.3, 0.4) is 0 Å². The van der Waals surface area contributed by atoms with E-state index >= 15 is 0 Å². The summed E-state index contributed by atoms with van der Waals surface area (Å²) in [7, 11) is 0. The Kier molecular flexibility index (Phi) is 4.11. The second kappa shape index (κ2) is 5.02. The molecule has 1 amide bonds. The van der Waals surface area contributed by atoms with Crippen LogP contribution in [0.1, 0.15) is 33.6 Å². The zero-order chi connectivity index (χ0) is 13.2. The number of amides is 1. The van der Waals surface area contributed by atoms with Crippen molar-refractivity contribution in [3.63, 3.8) is 0 Å². The summed E-state index contributed by atoms with van der Waals surface area (Å²) in [5.41, 5.74) is -2.25. The lowest BCUT2D eigenvalue weighted by atomic mass is 9.94. The molecule has 1 rings (SSSR count). The maximum absolute atomic E-state index is 13.7. The molecule has 1 N–H and O–H groups in total. The van der Waals surface area contributed by atoms with Gasteiger partial charge in [0.15, 0.2) is 0 Å². The normalized spacial score (nSPS) is 26.3. The highest BCUT2D eigenvalue weighted by Crippen LogP contribution is 2.27. The fourth-order valence-corrected chi connectivity index (χ4v) is 1.80. The van der Waals surface area contributed by atoms with Crippen LogP contribution in [0, 0.1) is 11.8 Å². The molecule has 2 atom stereocenters. The summed E-state index contributed by atoms with van der Waals surface area (Å²) >= 11 is 0. The van der Waals surface area contributed by atoms with Crippen molar-refractivity contribution < 1.29 is 19.1 Å². The number of hydrogen-bond donors (Lipinski definition) is 1. The molecule has 0 spiro atoms. The fraction of sp³-hybridized carbons (Fsp3) is 0.833. The molecule has 1 aliphatic rings. The zero-order valence-corrected chi connectivity index (χ0v) is 10.6. The molecule has 17 heavy (non-hydrogen) atoms. The molecule has 0 aromatic carbocycles. The number of halogens is 1. The third-order valence-corrected chi connectivity index (χ3v) is 3.59. The predicted octanol–water partition coefficient (Wildman–Crippen LogP) is 1.69. The van der Waals surface area contributed by atoms with Crippen LogP contribution in [-0.4, -0.2) is 40.6 Å².